The molecule has 1 saturated heterocycles. The average molecular weight is 578 g/mol. The van der Waals surface area contributed by atoms with E-state index in [2.05, 4.69) is 27.8 Å². The first kappa shape index (κ1) is 25.2. The molecule has 6 nitrogen and oxygen atoms in total. The van der Waals surface area contributed by atoms with E-state index in [1.54, 1.807) is 24.3 Å². The van der Waals surface area contributed by atoms with Crippen molar-refractivity contribution in [2.45, 2.75) is 32.7 Å². The van der Waals surface area contributed by atoms with E-state index in [9.17, 15) is 14.7 Å². The number of ether oxygens (including phenoxy) is 1. The lowest BCUT2D eigenvalue weighted by atomic mass is 9.95. The summed E-state index contributed by atoms with van der Waals surface area (Å²) in [7, 11) is 0. The molecule has 0 aliphatic carbocycles. The number of nitrogens with zero attached hydrogens (tertiary/aromatic N) is 2. The first-order valence-electron chi connectivity index (χ1n) is 12.0. The number of Topliss-reactive ketones (excluding diaryl/α,β-unsaturated/α-hetero) is 1. The van der Waals surface area contributed by atoms with Crippen LogP contribution in [0.2, 0.25) is 0 Å². The van der Waals surface area contributed by atoms with Crippen LogP contribution >= 0.6 is 27.3 Å². The van der Waals surface area contributed by atoms with Crippen LogP contribution in [0.25, 0.3) is 16.0 Å². The van der Waals surface area contributed by atoms with E-state index in [0.717, 1.165) is 33.1 Å². The van der Waals surface area contributed by atoms with E-state index in [1.165, 1.54) is 16.2 Å². The largest absolute Gasteiger partial charge is 0.507 e. The molecule has 1 aliphatic rings. The van der Waals surface area contributed by atoms with Crippen molar-refractivity contribution in [3.05, 3.63) is 93.5 Å². The van der Waals surface area contributed by atoms with Gasteiger partial charge in [-0.05, 0) is 60.9 Å². The molecule has 1 unspecified atom stereocenters. The maximum absolute atomic E-state index is 13.5. The van der Waals surface area contributed by atoms with Crippen molar-refractivity contribution in [2.75, 3.05) is 11.5 Å². The van der Waals surface area contributed by atoms with Gasteiger partial charge in [-0.15, -0.1) is 0 Å². The minimum Gasteiger partial charge on any atom is -0.507 e. The minimum absolute atomic E-state index is 0.0178. The number of unbranched alkanes of at least 4 members (excludes halogenated alkanes) is 1. The highest BCUT2D eigenvalue weighted by Crippen LogP contribution is 2.45. The zero-order chi connectivity index (χ0) is 26.1. The zero-order valence-corrected chi connectivity index (χ0v) is 22.8. The van der Waals surface area contributed by atoms with Crippen LogP contribution in [0, 0.1) is 6.92 Å². The van der Waals surface area contributed by atoms with Crippen LogP contribution in [-0.4, -0.2) is 28.4 Å². The van der Waals surface area contributed by atoms with E-state index in [-0.39, 0.29) is 11.3 Å². The van der Waals surface area contributed by atoms with Crippen molar-refractivity contribution in [1.82, 2.24) is 4.98 Å². The second-order valence-electron chi connectivity index (χ2n) is 8.92. The molecule has 0 spiro atoms. The van der Waals surface area contributed by atoms with Crippen molar-refractivity contribution in [1.29, 1.82) is 0 Å². The molecule has 1 aromatic heterocycles. The van der Waals surface area contributed by atoms with Crippen molar-refractivity contribution in [3.63, 3.8) is 0 Å². The van der Waals surface area contributed by atoms with Crippen LogP contribution < -0.4 is 9.64 Å². The van der Waals surface area contributed by atoms with Gasteiger partial charge in [0.15, 0.2) is 5.13 Å². The molecule has 1 aliphatic heterocycles. The molecule has 1 fully saturated rings. The molecule has 188 valence electrons. The highest BCUT2D eigenvalue weighted by Gasteiger charge is 2.48. The summed E-state index contributed by atoms with van der Waals surface area (Å²) >= 11 is 4.84. The van der Waals surface area contributed by atoms with Gasteiger partial charge in [0.25, 0.3) is 5.78 Å². The van der Waals surface area contributed by atoms with Gasteiger partial charge in [0.05, 0.1) is 28.4 Å². The Morgan fingerprint density at radius 3 is 2.70 bits per heavy atom. The van der Waals surface area contributed by atoms with Crippen LogP contribution in [0.4, 0.5) is 5.13 Å². The van der Waals surface area contributed by atoms with E-state index < -0.39 is 17.7 Å². The minimum atomic E-state index is -0.844. The fourth-order valence-corrected chi connectivity index (χ4v) is 5.88. The summed E-state index contributed by atoms with van der Waals surface area (Å²) in [5.74, 6) is -1.14. The molecule has 4 aromatic rings. The molecule has 0 bridgehead atoms. The third kappa shape index (κ3) is 4.91. The van der Waals surface area contributed by atoms with Crippen molar-refractivity contribution in [2.24, 2.45) is 0 Å². The predicted octanol–water partition coefficient (Wildman–Crippen LogP) is 7.17. The van der Waals surface area contributed by atoms with Gasteiger partial charge in [0, 0.05) is 10.0 Å². The lowest BCUT2D eigenvalue weighted by Crippen LogP contribution is -2.29. The predicted molar refractivity (Wildman–Crippen MR) is 150 cm³/mol. The van der Waals surface area contributed by atoms with Gasteiger partial charge >= 0.3 is 5.91 Å². The number of aliphatic hydroxyl groups is 1. The number of ketones is 1. The number of aryl methyl sites for hydroxylation is 1. The lowest BCUT2D eigenvalue weighted by Gasteiger charge is -2.23. The van der Waals surface area contributed by atoms with Gasteiger partial charge < -0.3 is 9.84 Å². The monoisotopic (exact) mass is 576 g/mol. The number of aromatic nitrogens is 1. The van der Waals surface area contributed by atoms with Gasteiger partial charge in [0.2, 0.25) is 0 Å². The number of halogens is 1. The SMILES string of the molecule is CCCCOc1cccc(/C(O)=C2\C(=O)C(=O)N(c3nc4ccc(C)cc4s3)C2c2cccc(Br)c2)c1. The van der Waals surface area contributed by atoms with Gasteiger partial charge in [-0.2, -0.15) is 0 Å². The highest BCUT2D eigenvalue weighted by atomic mass is 79.9. The summed E-state index contributed by atoms with van der Waals surface area (Å²) in [6.07, 6.45) is 1.91. The standard InChI is InChI=1S/C29H25BrN2O4S/c1-3-4-13-36-21-10-6-8-19(16-21)26(33)24-25(18-7-5-9-20(30)15-18)32(28(35)27(24)34)29-31-22-12-11-17(2)14-23(22)37-29/h5-12,14-16,25,33H,3-4,13H2,1-2H3/b26-24+. The van der Waals surface area contributed by atoms with Crippen LogP contribution in [0.5, 0.6) is 5.75 Å². The highest BCUT2D eigenvalue weighted by molar-refractivity contribution is 9.10. The Labute approximate surface area is 227 Å². The Hall–Kier alpha value is -3.49. The maximum atomic E-state index is 13.5. The maximum Gasteiger partial charge on any atom is 0.301 e. The number of thiazole rings is 1. The van der Waals surface area contributed by atoms with Crippen LogP contribution in [0.3, 0.4) is 0 Å². The van der Waals surface area contributed by atoms with Gasteiger partial charge in [-0.3, -0.25) is 14.5 Å². The third-order valence-electron chi connectivity index (χ3n) is 6.22. The molecule has 3 aromatic carbocycles. The van der Waals surface area contributed by atoms with Crippen molar-refractivity contribution in [3.8, 4) is 5.75 Å². The molecule has 5 rings (SSSR count). The number of carbonyl (C=O) groups is 2. The average Bonchev–Trinajstić information content (AvgIpc) is 3.41. The van der Waals surface area contributed by atoms with E-state index in [4.69, 9.17) is 4.74 Å². The van der Waals surface area contributed by atoms with E-state index in [0.29, 0.717) is 28.6 Å². The molecule has 0 saturated carbocycles. The fraction of sp³-hybridized carbons (Fsp3) is 0.207. The van der Waals surface area contributed by atoms with Crippen molar-refractivity contribution >= 4 is 60.1 Å². The van der Waals surface area contributed by atoms with Crippen molar-refractivity contribution < 1.29 is 19.4 Å². The molecule has 0 radical (unpaired) electrons. The molecule has 8 heteroatoms. The number of amides is 1. The molecule has 1 amide bonds. The molecule has 1 atom stereocenters. The Morgan fingerprint density at radius 2 is 1.92 bits per heavy atom. The molecule has 1 N–H and O–H groups in total. The van der Waals surface area contributed by atoms with E-state index in [1.807, 2.05) is 49.4 Å². The Morgan fingerprint density at radius 1 is 1.11 bits per heavy atom. The fourth-order valence-electron chi connectivity index (χ4n) is 4.37. The Kier molecular flexibility index (Phi) is 7.13. The normalized spacial score (nSPS) is 17.1. The second kappa shape index (κ2) is 10.5. The topological polar surface area (TPSA) is 79.7 Å². The van der Waals surface area contributed by atoms with Crippen LogP contribution in [0.15, 0.2) is 76.8 Å². The number of aliphatic hydroxyl groups excluding tert-OH is 1. The summed E-state index contributed by atoms with van der Waals surface area (Å²) in [6.45, 7) is 4.63. The summed E-state index contributed by atoms with van der Waals surface area (Å²) in [5.41, 5.74) is 2.93. The first-order valence-corrected chi connectivity index (χ1v) is 13.6. The quantitative estimate of drug-likeness (QED) is 0.109. The molecular formula is C29H25BrN2O4S. The molecule has 2 heterocycles. The summed E-state index contributed by atoms with van der Waals surface area (Å²) < 4.78 is 7.51. The molecular weight excluding hydrogens is 552 g/mol. The Balaban J connectivity index is 1.65. The number of rotatable bonds is 7. The van der Waals surface area contributed by atoms with E-state index >= 15 is 0 Å². The lowest BCUT2D eigenvalue weighted by molar-refractivity contribution is -0.132. The summed E-state index contributed by atoms with van der Waals surface area (Å²) in [4.78, 5) is 33.0. The number of hydrogen-bond donors (Lipinski definition) is 1. The van der Waals surface area contributed by atoms with Crippen LogP contribution in [-0.2, 0) is 9.59 Å². The number of anilines is 1. The number of carbonyl (C=O) groups excluding carboxylic acids is 2. The zero-order valence-electron chi connectivity index (χ0n) is 20.4. The van der Waals surface area contributed by atoms with Gasteiger partial charge in [-0.25, -0.2) is 4.98 Å². The number of hydrogen-bond acceptors (Lipinski definition) is 6. The third-order valence-corrected chi connectivity index (χ3v) is 7.73. The number of benzene rings is 3. The first-order chi connectivity index (χ1) is 17.9. The Bertz CT molecular complexity index is 1540. The van der Waals surface area contributed by atoms with Gasteiger partial charge in [-0.1, -0.05) is 70.9 Å². The summed E-state index contributed by atoms with van der Waals surface area (Å²) in [6, 6.07) is 19.4. The van der Waals surface area contributed by atoms with Crippen LogP contribution in [0.1, 0.15) is 42.5 Å². The second-order valence-corrected chi connectivity index (χ2v) is 10.8. The molecule has 37 heavy (non-hydrogen) atoms. The summed E-state index contributed by atoms with van der Waals surface area (Å²) in [5, 5.41) is 11.8. The van der Waals surface area contributed by atoms with Gasteiger partial charge in [0.1, 0.15) is 11.5 Å². The number of fused-ring (bicyclic) bond motifs is 1. The smallest absolute Gasteiger partial charge is 0.301 e.